The molecule has 0 bridgehead atoms. The number of anilines is 2. The number of amides is 1. The third-order valence-electron chi connectivity index (χ3n) is 5.52. The molecule has 3 heterocycles. The largest absolute Gasteiger partial charge is 0.478 e. The van der Waals surface area contributed by atoms with E-state index in [9.17, 15) is 24.8 Å². The predicted octanol–water partition coefficient (Wildman–Crippen LogP) is 1.68. The van der Waals surface area contributed by atoms with Gasteiger partial charge in [-0.25, -0.2) is 9.78 Å². The van der Waals surface area contributed by atoms with Gasteiger partial charge in [0.15, 0.2) is 11.4 Å². The van der Waals surface area contributed by atoms with Crippen LogP contribution in [0.1, 0.15) is 40.0 Å². The van der Waals surface area contributed by atoms with Crippen molar-refractivity contribution in [2.75, 3.05) is 29.9 Å². The van der Waals surface area contributed by atoms with Gasteiger partial charge < -0.3 is 20.6 Å². The van der Waals surface area contributed by atoms with Gasteiger partial charge in [-0.15, -0.1) is 0 Å². The first-order chi connectivity index (χ1) is 15.8. The number of carboxylic acid groups (broad SMARTS) is 1. The van der Waals surface area contributed by atoms with Gasteiger partial charge in [-0.05, 0) is 37.6 Å². The zero-order valence-electron chi connectivity index (χ0n) is 18.1. The lowest BCUT2D eigenvalue weighted by molar-refractivity contribution is -0.120. The Balaban J connectivity index is 1.87. The fraction of sp³-hybridized carbons (Fsp3) is 0.261. The summed E-state index contributed by atoms with van der Waals surface area (Å²) in [5.74, 6) is -1.10. The number of pyridine rings is 1. The van der Waals surface area contributed by atoms with Crippen molar-refractivity contribution in [2.24, 2.45) is 0 Å². The van der Waals surface area contributed by atoms with E-state index < -0.39 is 17.6 Å². The third-order valence-corrected chi connectivity index (χ3v) is 5.52. The number of fused-ring (bicyclic) bond motifs is 1. The number of benzene rings is 1. The minimum absolute atomic E-state index is 0.00171. The Hall–Kier alpha value is -4.39. The molecule has 0 aliphatic carbocycles. The number of nitrogens with zero attached hydrogens (tertiary/aromatic N) is 4. The first kappa shape index (κ1) is 21.8. The van der Waals surface area contributed by atoms with Gasteiger partial charge in [0.25, 0.3) is 5.56 Å². The summed E-state index contributed by atoms with van der Waals surface area (Å²) < 4.78 is 1.33. The number of aryl methyl sites for hydroxylation is 1. The fourth-order valence-corrected chi connectivity index (χ4v) is 3.97. The molecule has 10 heteroatoms. The molecule has 1 aliphatic heterocycles. The van der Waals surface area contributed by atoms with Crippen molar-refractivity contribution in [2.45, 2.75) is 19.9 Å². The maximum Gasteiger partial charge on any atom is 0.337 e. The van der Waals surface area contributed by atoms with Crippen LogP contribution in [0, 0.1) is 18.3 Å². The van der Waals surface area contributed by atoms with E-state index in [0.29, 0.717) is 30.0 Å². The third kappa shape index (κ3) is 4.08. The molecule has 0 unspecified atom stereocenters. The van der Waals surface area contributed by atoms with E-state index in [1.165, 1.54) is 10.5 Å². The molecule has 4 rings (SSSR count). The predicted molar refractivity (Wildman–Crippen MR) is 122 cm³/mol. The summed E-state index contributed by atoms with van der Waals surface area (Å²) in [5.41, 5.74) is 1.66. The molecule has 168 valence electrons. The summed E-state index contributed by atoms with van der Waals surface area (Å²) in [6.45, 7) is 4.46. The Morgan fingerprint density at radius 2 is 2.09 bits per heavy atom. The molecular formula is C23H22N6O4. The van der Waals surface area contributed by atoms with Crippen LogP contribution < -0.4 is 21.1 Å². The second-order valence-electron chi connectivity index (χ2n) is 7.88. The van der Waals surface area contributed by atoms with Crippen LogP contribution in [0.2, 0.25) is 0 Å². The molecule has 0 saturated carbocycles. The molecule has 33 heavy (non-hydrogen) atoms. The summed E-state index contributed by atoms with van der Waals surface area (Å²) in [7, 11) is 0. The Labute approximate surface area is 189 Å². The van der Waals surface area contributed by atoms with Gasteiger partial charge in [0.1, 0.15) is 11.7 Å². The van der Waals surface area contributed by atoms with Gasteiger partial charge >= 0.3 is 5.97 Å². The second-order valence-corrected chi connectivity index (χ2v) is 7.88. The van der Waals surface area contributed by atoms with Gasteiger partial charge in [-0.3, -0.25) is 14.0 Å². The zero-order valence-corrected chi connectivity index (χ0v) is 18.1. The Morgan fingerprint density at radius 1 is 1.33 bits per heavy atom. The first-order valence-electron chi connectivity index (χ1n) is 10.4. The number of nitrogens with one attached hydrogen (secondary N) is 2. The summed E-state index contributed by atoms with van der Waals surface area (Å²) >= 11 is 0. The number of piperazine rings is 1. The van der Waals surface area contributed by atoms with Gasteiger partial charge in [-0.2, -0.15) is 5.26 Å². The van der Waals surface area contributed by atoms with E-state index in [1.807, 2.05) is 26.0 Å². The van der Waals surface area contributed by atoms with Crippen molar-refractivity contribution in [1.29, 1.82) is 5.26 Å². The van der Waals surface area contributed by atoms with Crippen LogP contribution >= 0.6 is 0 Å². The highest BCUT2D eigenvalue weighted by atomic mass is 16.4. The quantitative estimate of drug-likeness (QED) is 0.538. The van der Waals surface area contributed by atoms with Crippen LogP contribution in [0.15, 0.2) is 41.3 Å². The fourth-order valence-electron chi connectivity index (χ4n) is 3.97. The van der Waals surface area contributed by atoms with Crippen LogP contribution in [-0.4, -0.2) is 46.0 Å². The highest BCUT2D eigenvalue weighted by molar-refractivity contribution is 5.94. The number of aromatic carboxylic acids is 1. The smallest absolute Gasteiger partial charge is 0.337 e. The summed E-state index contributed by atoms with van der Waals surface area (Å²) in [5, 5.41) is 25.1. The molecule has 1 aliphatic rings. The van der Waals surface area contributed by atoms with Crippen molar-refractivity contribution in [3.8, 4) is 6.07 Å². The van der Waals surface area contributed by atoms with E-state index in [1.54, 1.807) is 29.3 Å². The van der Waals surface area contributed by atoms with Crippen LogP contribution in [0.5, 0.6) is 0 Å². The minimum Gasteiger partial charge on any atom is -0.478 e. The Bertz CT molecular complexity index is 1370. The first-order valence-corrected chi connectivity index (χ1v) is 10.4. The molecule has 3 aromatic rings. The van der Waals surface area contributed by atoms with E-state index in [-0.39, 0.29) is 29.4 Å². The minimum atomic E-state index is -1.06. The number of carbonyl (C=O) groups is 2. The van der Waals surface area contributed by atoms with Crippen LogP contribution in [0.25, 0.3) is 5.65 Å². The molecule has 10 nitrogen and oxygen atoms in total. The van der Waals surface area contributed by atoms with Gasteiger partial charge in [0.2, 0.25) is 5.91 Å². The Kier molecular flexibility index (Phi) is 5.70. The topological polar surface area (TPSA) is 140 Å². The highest BCUT2D eigenvalue weighted by Crippen LogP contribution is 2.27. The van der Waals surface area contributed by atoms with E-state index in [4.69, 9.17) is 0 Å². The average Bonchev–Trinajstić information content (AvgIpc) is 2.79. The number of rotatable bonds is 5. The SMILES string of the molecule is Cc1cc([C@@H](C)Nc2ccccc2C(=O)O)c2nc(N3CCNC(=O)C3)c(C#N)c(=O)n2c1. The molecule has 0 radical (unpaired) electrons. The van der Waals surface area contributed by atoms with Crippen molar-refractivity contribution >= 4 is 29.0 Å². The molecule has 2 aromatic heterocycles. The van der Waals surface area contributed by atoms with Crippen LogP contribution in [0.4, 0.5) is 11.5 Å². The van der Waals surface area contributed by atoms with Gasteiger partial charge in [0, 0.05) is 30.5 Å². The van der Waals surface area contributed by atoms with Gasteiger partial charge in [0.05, 0.1) is 18.2 Å². The lowest BCUT2D eigenvalue weighted by Gasteiger charge is -2.28. The van der Waals surface area contributed by atoms with E-state index >= 15 is 0 Å². The number of para-hydroxylation sites is 1. The van der Waals surface area contributed by atoms with Crippen molar-refractivity contribution < 1.29 is 14.7 Å². The molecule has 1 aromatic carbocycles. The highest BCUT2D eigenvalue weighted by Gasteiger charge is 2.25. The molecule has 1 saturated heterocycles. The van der Waals surface area contributed by atoms with Crippen molar-refractivity contribution in [3.05, 3.63) is 69.1 Å². The van der Waals surface area contributed by atoms with Crippen LogP contribution in [-0.2, 0) is 4.79 Å². The zero-order chi connectivity index (χ0) is 23.7. The molecular weight excluding hydrogens is 424 g/mol. The second kappa shape index (κ2) is 8.63. The maximum absolute atomic E-state index is 13.2. The Morgan fingerprint density at radius 3 is 2.79 bits per heavy atom. The lowest BCUT2D eigenvalue weighted by Crippen LogP contribution is -2.48. The van der Waals surface area contributed by atoms with Crippen LogP contribution in [0.3, 0.4) is 0 Å². The number of hydrogen-bond acceptors (Lipinski definition) is 7. The molecule has 0 spiro atoms. The monoisotopic (exact) mass is 446 g/mol. The number of hydrogen-bond donors (Lipinski definition) is 3. The normalized spacial score (nSPS) is 14.5. The maximum atomic E-state index is 13.2. The summed E-state index contributed by atoms with van der Waals surface area (Å²) in [6, 6.07) is 9.95. The molecule has 1 fully saturated rings. The van der Waals surface area contributed by atoms with E-state index in [0.717, 1.165) is 5.56 Å². The van der Waals surface area contributed by atoms with Crippen molar-refractivity contribution in [1.82, 2.24) is 14.7 Å². The standard InChI is InChI=1S/C23H22N6O4/c1-13-9-16(14(2)26-18-6-4-3-5-15(18)23(32)33)21-27-20(28-8-7-25-19(30)12-28)17(10-24)22(31)29(21)11-13/h3-6,9,11,14,26H,7-8,12H2,1-2H3,(H,25,30)(H,32,33)/t14-/m1/s1. The summed E-state index contributed by atoms with van der Waals surface area (Å²) in [4.78, 5) is 43.0. The molecule has 1 atom stereocenters. The summed E-state index contributed by atoms with van der Waals surface area (Å²) in [6.07, 6.45) is 1.61. The molecule has 3 N–H and O–H groups in total. The number of nitriles is 1. The molecule has 1 amide bonds. The number of aromatic nitrogens is 2. The van der Waals surface area contributed by atoms with Crippen molar-refractivity contribution in [3.63, 3.8) is 0 Å². The number of carboxylic acids is 1. The lowest BCUT2D eigenvalue weighted by atomic mass is 10.1. The van der Waals surface area contributed by atoms with E-state index in [2.05, 4.69) is 15.6 Å². The number of carbonyl (C=O) groups excluding carboxylic acids is 1. The van der Waals surface area contributed by atoms with Gasteiger partial charge in [-0.1, -0.05) is 12.1 Å². The average molecular weight is 446 g/mol.